The molecule has 1 aromatic carbocycles. The van der Waals surface area contributed by atoms with Crippen LogP contribution in [0.15, 0.2) is 18.2 Å². The minimum Gasteiger partial charge on any atom is -0.497 e. The molecule has 0 bridgehead atoms. The smallest absolute Gasteiger partial charge is 0.387 e. The van der Waals surface area contributed by atoms with Gasteiger partial charge < -0.3 is 20.5 Å². The highest BCUT2D eigenvalue weighted by atomic mass is 19.3. The predicted molar refractivity (Wildman–Crippen MR) is 75.6 cm³/mol. The number of nitrogens with two attached hydrogens (primary N) is 1. The Morgan fingerprint density at radius 3 is 2.52 bits per heavy atom. The van der Waals surface area contributed by atoms with Gasteiger partial charge in [-0.2, -0.15) is 8.78 Å². The van der Waals surface area contributed by atoms with Crippen LogP contribution in [-0.4, -0.2) is 26.2 Å². The lowest BCUT2D eigenvalue weighted by Crippen LogP contribution is -2.33. The maximum atomic E-state index is 12.4. The highest BCUT2D eigenvalue weighted by molar-refractivity contribution is 5.94. The van der Waals surface area contributed by atoms with Crippen LogP contribution in [0.3, 0.4) is 0 Å². The van der Waals surface area contributed by atoms with Gasteiger partial charge in [0, 0.05) is 12.6 Å². The summed E-state index contributed by atoms with van der Waals surface area (Å²) < 4.78 is 34.2. The molecular formula is C14H20F2N2O3. The Labute approximate surface area is 122 Å². The average molecular weight is 302 g/mol. The van der Waals surface area contributed by atoms with E-state index >= 15 is 0 Å². The number of benzene rings is 1. The van der Waals surface area contributed by atoms with Gasteiger partial charge in [-0.15, -0.1) is 0 Å². The van der Waals surface area contributed by atoms with Crippen LogP contribution in [0.25, 0.3) is 0 Å². The third kappa shape index (κ3) is 4.86. The maximum Gasteiger partial charge on any atom is 0.387 e. The first kappa shape index (κ1) is 17.2. The van der Waals surface area contributed by atoms with Gasteiger partial charge >= 0.3 is 6.61 Å². The van der Waals surface area contributed by atoms with Gasteiger partial charge in [-0.05, 0) is 18.1 Å². The van der Waals surface area contributed by atoms with E-state index in [0.29, 0.717) is 5.75 Å². The molecule has 1 amide bonds. The van der Waals surface area contributed by atoms with Gasteiger partial charge in [0.2, 0.25) is 5.91 Å². The van der Waals surface area contributed by atoms with Crippen molar-refractivity contribution >= 4 is 11.6 Å². The second-order valence-electron chi connectivity index (χ2n) is 4.82. The minimum absolute atomic E-state index is 0.0278. The molecule has 3 N–H and O–H groups in total. The van der Waals surface area contributed by atoms with Crippen molar-refractivity contribution in [2.24, 2.45) is 17.6 Å². The molecule has 0 fully saturated rings. The monoisotopic (exact) mass is 302 g/mol. The van der Waals surface area contributed by atoms with Gasteiger partial charge in [0.25, 0.3) is 0 Å². The maximum absolute atomic E-state index is 12.4. The number of nitrogens with one attached hydrogen (secondary N) is 1. The zero-order valence-corrected chi connectivity index (χ0v) is 12.2. The van der Waals surface area contributed by atoms with Crippen molar-refractivity contribution in [3.8, 4) is 11.5 Å². The molecule has 0 aliphatic carbocycles. The third-order valence-electron chi connectivity index (χ3n) is 3.06. The fraction of sp³-hybridized carbons (Fsp3) is 0.500. The SMILES string of the molecule is COc1ccc(OC(F)F)c(NC(=O)C(CN)C(C)C)c1. The molecule has 1 rings (SSSR count). The van der Waals surface area contributed by atoms with Gasteiger partial charge in [-0.1, -0.05) is 13.8 Å². The summed E-state index contributed by atoms with van der Waals surface area (Å²) in [5.74, 6) is -0.449. The minimum atomic E-state index is -2.98. The fourth-order valence-electron chi connectivity index (χ4n) is 1.84. The lowest BCUT2D eigenvalue weighted by molar-refractivity contribution is -0.120. The summed E-state index contributed by atoms with van der Waals surface area (Å²) in [6.45, 7) is 0.904. The van der Waals surface area contributed by atoms with Gasteiger partial charge in [-0.3, -0.25) is 4.79 Å². The molecular weight excluding hydrogens is 282 g/mol. The normalized spacial score (nSPS) is 12.4. The van der Waals surface area contributed by atoms with Crippen LogP contribution in [0.5, 0.6) is 11.5 Å². The van der Waals surface area contributed by atoms with E-state index in [1.807, 2.05) is 13.8 Å². The number of ether oxygens (including phenoxy) is 2. The van der Waals surface area contributed by atoms with Gasteiger partial charge in [-0.25, -0.2) is 0 Å². The van der Waals surface area contributed by atoms with Crippen molar-refractivity contribution in [3.05, 3.63) is 18.2 Å². The number of anilines is 1. The van der Waals surface area contributed by atoms with Crippen molar-refractivity contribution in [2.45, 2.75) is 20.5 Å². The lowest BCUT2D eigenvalue weighted by Gasteiger charge is -2.20. The summed E-state index contributed by atoms with van der Waals surface area (Å²) in [6, 6.07) is 4.20. The van der Waals surface area contributed by atoms with Gasteiger partial charge in [0.05, 0.1) is 18.7 Å². The van der Waals surface area contributed by atoms with Gasteiger partial charge in [0.15, 0.2) is 0 Å². The molecule has 0 aliphatic heterocycles. The molecule has 0 aromatic heterocycles. The van der Waals surface area contributed by atoms with Crippen molar-refractivity contribution in [2.75, 3.05) is 19.0 Å². The molecule has 0 aliphatic rings. The number of alkyl halides is 2. The summed E-state index contributed by atoms with van der Waals surface area (Å²) >= 11 is 0. The predicted octanol–water partition coefficient (Wildman–Crippen LogP) is 2.47. The van der Waals surface area contributed by atoms with E-state index in [-0.39, 0.29) is 29.8 Å². The molecule has 7 heteroatoms. The summed E-state index contributed by atoms with van der Waals surface area (Å²) in [5, 5.41) is 2.57. The first-order chi connectivity index (χ1) is 9.88. The van der Waals surface area contributed by atoms with E-state index in [0.717, 1.165) is 0 Å². The Morgan fingerprint density at radius 1 is 1.38 bits per heavy atom. The number of methoxy groups -OCH3 is 1. The van der Waals surface area contributed by atoms with Crippen LogP contribution in [-0.2, 0) is 4.79 Å². The number of carbonyl (C=O) groups excluding carboxylic acids is 1. The molecule has 1 unspecified atom stereocenters. The molecule has 0 spiro atoms. The van der Waals surface area contributed by atoms with E-state index in [2.05, 4.69) is 10.1 Å². The van der Waals surface area contributed by atoms with Crippen molar-refractivity contribution < 1.29 is 23.0 Å². The van der Waals surface area contributed by atoms with Gasteiger partial charge in [0.1, 0.15) is 11.5 Å². The summed E-state index contributed by atoms with van der Waals surface area (Å²) in [5.41, 5.74) is 5.69. The highest BCUT2D eigenvalue weighted by Gasteiger charge is 2.22. The van der Waals surface area contributed by atoms with Crippen LogP contribution in [0.4, 0.5) is 14.5 Å². The van der Waals surface area contributed by atoms with Crippen LogP contribution < -0.4 is 20.5 Å². The number of rotatable bonds is 7. The van der Waals surface area contributed by atoms with Crippen LogP contribution in [0, 0.1) is 11.8 Å². The number of halogens is 2. The van der Waals surface area contributed by atoms with Crippen molar-refractivity contribution in [1.29, 1.82) is 0 Å². The van der Waals surface area contributed by atoms with Crippen LogP contribution >= 0.6 is 0 Å². The van der Waals surface area contributed by atoms with Crippen molar-refractivity contribution in [3.63, 3.8) is 0 Å². The van der Waals surface area contributed by atoms with E-state index in [1.165, 1.54) is 25.3 Å². The fourth-order valence-corrected chi connectivity index (χ4v) is 1.84. The number of hydrogen-bond donors (Lipinski definition) is 2. The van der Waals surface area contributed by atoms with Crippen molar-refractivity contribution in [1.82, 2.24) is 0 Å². The molecule has 1 aromatic rings. The molecule has 0 saturated heterocycles. The van der Waals surface area contributed by atoms with Crippen LogP contribution in [0.2, 0.25) is 0 Å². The molecule has 1 atom stereocenters. The number of hydrogen-bond acceptors (Lipinski definition) is 4. The second-order valence-corrected chi connectivity index (χ2v) is 4.82. The molecule has 0 radical (unpaired) electrons. The topological polar surface area (TPSA) is 73.6 Å². The molecule has 0 saturated carbocycles. The highest BCUT2D eigenvalue weighted by Crippen LogP contribution is 2.31. The Hall–Kier alpha value is -1.89. The zero-order valence-electron chi connectivity index (χ0n) is 12.2. The summed E-state index contributed by atoms with van der Waals surface area (Å²) in [4.78, 5) is 12.1. The molecule has 118 valence electrons. The number of amides is 1. The third-order valence-corrected chi connectivity index (χ3v) is 3.06. The Morgan fingerprint density at radius 2 is 2.05 bits per heavy atom. The number of carbonyl (C=O) groups is 1. The van der Waals surface area contributed by atoms with E-state index in [1.54, 1.807) is 0 Å². The Kier molecular flexibility index (Phi) is 6.36. The first-order valence-electron chi connectivity index (χ1n) is 6.52. The zero-order chi connectivity index (χ0) is 16.0. The quantitative estimate of drug-likeness (QED) is 0.811. The molecule has 5 nitrogen and oxygen atoms in total. The second kappa shape index (κ2) is 7.78. The standard InChI is InChI=1S/C14H20F2N2O3/c1-8(2)10(7-17)13(19)18-11-6-9(20-3)4-5-12(11)21-14(15)16/h4-6,8,10,14H,7,17H2,1-3H3,(H,18,19). The Bertz CT molecular complexity index is 481. The van der Waals surface area contributed by atoms with Crippen LogP contribution in [0.1, 0.15) is 13.8 Å². The van der Waals surface area contributed by atoms with E-state index < -0.39 is 12.5 Å². The summed E-state index contributed by atoms with van der Waals surface area (Å²) in [7, 11) is 1.44. The Balaban J connectivity index is 3.00. The molecule has 21 heavy (non-hydrogen) atoms. The summed E-state index contributed by atoms with van der Waals surface area (Å²) in [6.07, 6.45) is 0. The molecule has 0 heterocycles. The lowest BCUT2D eigenvalue weighted by atomic mass is 9.95. The largest absolute Gasteiger partial charge is 0.497 e. The first-order valence-corrected chi connectivity index (χ1v) is 6.52. The van der Waals surface area contributed by atoms with E-state index in [9.17, 15) is 13.6 Å². The average Bonchev–Trinajstić information content (AvgIpc) is 2.40. The van der Waals surface area contributed by atoms with E-state index in [4.69, 9.17) is 10.5 Å².